The summed E-state index contributed by atoms with van der Waals surface area (Å²) in [6, 6.07) is 31.1. The quantitative estimate of drug-likeness (QED) is 0.223. The van der Waals surface area contributed by atoms with Crippen LogP contribution in [0.1, 0.15) is 33.7 Å². The highest BCUT2D eigenvalue weighted by molar-refractivity contribution is 8.00. The van der Waals surface area contributed by atoms with E-state index in [1.165, 1.54) is 52.9 Å². The Labute approximate surface area is 220 Å². The molecular weight excluding hydrogens is 473 g/mol. The summed E-state index contributed by atoms with van der Waals surface area (Å²) in [6.07, 6.45) is 17.8. The van der Waals surface area contributed by atoms with Crippen LogP contribution in [0.2, 0.25) is 0 Å². The van der Waals surface area contributed by atoms with E-state index >= 15 is 0 Å². The van der Waals surface area contributed by atoms with E-state index < -0.39 is 0 Å². The third-order valence-electron chi connectivity index (χ3n) is 7.02. The highest BCUT2D eigenvalue weighted by atomic mass is 32.2. The Balaban J connectivity index is 1.05. The van der Waals surface area contributed by atoms with Gasteiger partial charge < -0.3 is 0 Å². The first-order valence-electron chi connectivity index (χ1n) is 12.3. The Bertz CT molecular complexity index is 1710. The zero-order valence-electron chi connectivity index (χ0n) is 19.7. The van der Waals surface area contributed by atoms with Crippen molar-refractivity contribution >= 4 is 67.6 Å². The molecule has 4 aromatic carbocycles. The van der Waals surface area contributed by atoms with Gasteiger partial charge in [0.1, 0.15) is 0 Å². The molecule has 36 heavy (non-hydrogen) atoms. The predicted octanol–water partition coefficient (Wildman–Crippen LogP) is 10.1. The van der Waals surface area contributed by atoms with E-state index in [-0.39, 0.29) is 0 Å². The molecular formula is C34H24S2. The minimum Gasteiger partial charge on any atom is -0.135 e. The summed E-state index contributed by atoms with van der Waals surface area (Å²) in [7, 11) is 0. The summed E-state index contributed by atoms with van der Waals surface area (Å²) in [6.45, 7) is 0. The fourth-order valence-corrected chi connectivity index (χ4v) is 7.65. The first-order valence-corrected chi connectivity index (χ1v) is 14.0. The lowest BCUT2D eigenvalue weighted by atomic mass is 9.92. The van der Waals surface area contributed by atoms with Crippen molar-refractivity contribution in [3.8, 4) is 0 Å². The van der Waals surface area contributed by atoms with E-state index in [4.69, 9.17) is 0 Å². The van der Waals surface area contributed by atoms with Gasteiger partial charge in [-0.2, -0.15) is 0 Å². The maximum Gasteiger partial charge on any atom is 0.0381 e. The van der Waals surface area contributed by atoms with Gasteiger partial charge in [-0.25, -0.2) is 0 Å². The standard InChI is InChI=1S/C34H24S2/c1-3-7-31-27(5-1)29-19-17-25(21-33(29)35-31)15-13-23-9-11-24(12-10-23)14-16-26-18-20-30-28-6-2-4-8-32(28)36-34(30)22-26/h1-22,27,31H/b15-13+,16-14+. The normalized spacial score (nSPS) is 18.6. The first-order chi connectivity index (χ1) is 17.8. The Morgan fingerprint density at radius 3 is 2.03 bits per heavy atom. The van der Waals surface area contributed by atoms with Crippen molar-refractivity contribution in [1.29, 1.82) is 0 Å². The van der Waals surface area contributed by atoms with E-state index in [9.17, 15) is 0 Å². The fraction of sp³-hybridized carbons (Fsp3) is 0.0588. The van der Waals surface area contributed by atoms with Gasteiger partial charge in [0, 0.05) is 36.2 Å². The Morgan fingerprint density at radius 1 is 0.556 bits per heavy atom. The molecule has 1 aliphatic carbocycles. The molecule has 2 heterocycles. The minimum absolute atomic E-state index is 0.528. The van der Waals surface area contributed by atoms with Gasteiger partial charge in [-0.15, -0.1) is 23.1 Å². The lowest BCUT2D eigenvalue weighted by molar-refractivity contribution is 0.881. The van der Waals surface area contributed by atoms with Crippen LogP contribution in [-0.2, 0) is 0 Å². The van der Waals surface area contributed by atoms with Gasteiger partial charge in [-0.05, 0) is 46.0 Å². The molecule has 0 fully saturated rings. The minimum atomic E-state index is 0.528. The Hall–Kier alpha value is -3.59. The fourth-order valence-electron chi connectivity index (χ4n) is 5.11. The van der Waals surface area contributed by atoms with E-state index in [0.29, 0.717) is 11.2 Å². The summed E-state index contributed by atoms with van der Waals surface area (Å²) in [5.74, 6) is 0.528. The Kier molecular flexibility index (Phi) is 5.50. The van der Waals surface area contributed by atoms with E-state index in [2.05, 4.69) is 134 Å². The zero-order chi connectivity index (χ0) is 23.9. The van der Waals surface area contributed by atoms with Crippen molar-refractivity contribution in [3.05, 3.63) is 137 Å². The second-order valence-corrected chi connectivity index (χ2v) is 11.7. The third kappa shape index (κ3) is 4.07. The van der Waals surface area contributed by atoms with Crippen LogP contribution in [0, 0.1) is 0 Å². The lowest BCUT2D eigenvalue weighted by Crippen LogP contribution is -2.06. The summed E-state index contributed by atoms with van der Waals surface area (Å²) >= 11 is 3.85. The molecule has 1 aliphatic heterocycles. The molecule has 1 aromatic heterocycles. The summed E-state index contributed by atoms with van der Waals surface area (Å²) in [5, 5.41) is 3.25. The number of thiophene rings is 1. The zero-order valence-corrected chi connectivity index (χ0v) is 21.3. The van der Waals surface area contributed by atoms with Gasteiger partial charge in [0.15, 0.2) is 0 Å². The number of hydrogen-bond donors (Lipinski definition) is 0. The molecule has 2 aliphatic rings. The molecule has 2 heteroatoms. The summed E-state index contributed by atoms with van der Waals surface area (Å²) in [4.78, 5) is 1.41. The van der Waals surface area contributed by atoms with Crippen LogP contribution >= 0.6 is 23.1 Å². The van der Waals surface area contributed by atoms with Crippen molar-refractivity contribution in [2.24, 2.45) is 0 Å². The molecule has 5 aromatic rings. The maximum atomic E-state index is 2.33. The second kappa shape index (κ2) is 9.13. The largest absolute Gasteiger partial charge is 0.135 e. The summed E-state index contributed by atoms with van der Waals surface area (Å²) in [5.41, 5.74) is 6.38. The number of fused-ring (bicyclic) bond motifs is 6. The van der Waals surface area contributed by atoms with Gasteiger partial charge in [0.2, 0.25) is 0 Å². The van der Waals surface area contributed by atoms with Gasteiger partial charge >= 0.3 is 0 Å². The molecule has 0 nitrogen and oxygen atoms in total. The van der Waals surface area contributed by atoms with Crippen molar-refractivity contribution < 1.29 is 0 Å². The van der Waals surface area contributed by atoms with Crippen LogP contribution < -0.4 is 0 Å². The van der Waals surface area contributed by atoms with Gasteiger partial charge in [-0.1, -0.05) is 115 Å². The SMILES string of the molecule is C1=CC2Sc3cc(/C=C/c4ccc(/C=C/c5ccc6c(c5)sc5ccccc56)cc4)ccc3C2C=C1. The van der Waals surface area contributed by atoms with Crippen LogP contribution in [0.5, 0.6) is 0 Å². The van der Waals surface area contributed by atoms with Crippen molar-refractivity contribution in [2.75, 3.05) is 0 Å². The number of rotatable bonds is 4. The van der Waals surface area contributed by atoms with E-state index in [1.54, 1.807) is 0 Å². The number of benzene rings is 4. The average molecular weight is 497 g/mol. The number of allylic oxidation sites excluding steroid dienone is 3. The lowest BCUT2D eigenvalue weighted by Gasteiger charge is -2.14. The number of thioether (sulfide) groups is 1. The van der Waals surface area contributed by atoms with Crippen LogP contribution in [-0.4, -0.2) is 5.25 Å². The van der Waals surface area contributed by atoms with Crippen molar-refractivity contribution in [2.45, 2.75) is 16.1 Å². The predicted molar refractivity (Wildman–Crippen MR) is 161 cm³/mol. The molecule has 172 valence electrons. The maximum absolute atomic E-state index is 2.33. The molecule has 0 bridgehead atoms. The highest BCUT2D eigenvalue weighted by Gasteiger charge is 2.30. The number of hydrogen-bond acceptors (Lipinski definition) is 2. The second-order valence-electron chi connectivity index (χ2n) is 9.36. The van der Waals surface area contributed by atoms with Crippen LogP contribution in [0.25, 0.3) is 44.5 Å². The van der Waals surface area contributed by atoms with Crippen LogP contribution in [0.3, 0.4) is 0 Å². The molecule has 0 spiro atoms. The third-order valence-corrected chi connectivity index (χ3v) is 9.48. The molecule has 0 amide bonds. The van der Waals surface area contributed by atoms with Gasteiger partial charge in [0.25, 0.3) is 0 Å². The molecule has 0 radical (unpaired) electrons. The van der Waals surface area contributed by atoms with Gasteiger partial charge in [0.05, 0.1) is 0 Å². The monoisotopic (exact) mass is 496 g/mol. The molecule has 0 N–H and O–H groups in total. The van der Waals surface area contributed by atoms with Crippen molar-refractivity contribution in [1.82, 2.24) is 0 Å². The average Bonchev–Trinajstić information content (AvgIpc) is 3.48. The van der Waals surface area contributed by atoms with Crippen LogP contribution in [0.15, 0.2) is 114 Å². The molecule has 2 atom stereocenters. The molecule has 0 saturated carbocycles. The molecule has 7 rings (SSSR count). The smallest absolute Gasteiger partial charge is 0.0381 e. The topological polar surface area (TPSA) is 0 Å². The first kappa shape index (κ1) is 21.7. The van der Waals surface area contributed by atoms with E-state index in [0.717, 1.165) is 0 Å². The van der Waals surface area contributed by atoms with Gasteiger partial charge in [-0.3, -0.25) is 0 Å². The molecule has 2 unspecified atom stereocenters. The van der Waals surface area contributed by atoms with E-state index in [1.807, 2.05) is 23.1 Å². The Morgan fingerprint density at radius 2 is 1.19 bits per heavy atom. The van der Waals surface area contributed by atoms with Crippen molar-refractivity contribution in [3.63, 3.8) is 0 Å². The highest BCUT2D eigenvalue weighted by Crippen LogP contribution is 2.48. The van der Waals surface area contributed by atoms with Crippen LogP contribution in [0.4, 0.5) is 0 Å². The summed E-state index contributed by atoms with van der Waals surface area (Å²) < 4.78 is 2.69. The molecule has 0 saturated heterocycles.